The molecule has 0 aliphatic heterocycles. The van der Waals surface area contributed by atoms with E-state index in [2.05, 4.69) is 11.3 Å². The number of aliphatic hydroxyl groups excluding tert-OH is 1. The van der Waals surface area contributed by atoms with E-state index in [9.17, 15) is 4.79 Å². The molecule has 0 aromatic carbocycles. The number of hydrogen-bond donors (Lipinski definition) is 1. The molecule has 4 nitrogen and oxygen atoms in total. The number of rotatable bonds is 3. The topological polar surface area (TPSA) is 78.0 Å². The molecule has 60 valence electrons. The van der Waals surface area contributed by atoms with E-state index in [1.807, 2.05) is 0 Å². The van der Waals surface area contributed by atoms with Crippen LogP contribution >= 0.6 is 0 Å². The monoisotopic (exact) mass is 148 g/mol. The Morgan fingerprint density at radius 2 is 2.20 bits per heavy atom. The van der Waals surface area contributed by atoms with Crippen LogP contribution in [0.25, 0.3) is 0 Å². The molecule has 0 unspecified atom stereocenters. The highest BCUT2D eigenvalue weighted by Crippen LogP contribution is 1.89. The van der Waals surface area contributed by atoms with Crippen molar-refractivity contribution in [3.8, 4) is 0 Å². The van der Waals surface area contributed by atoms with Crippen LogP contribution in [0.3, 0.4) is 0 Å². The van der Waals surface area contributed by atoms with Gasteiger partial charge in [0.15, 0.2) is 0 Å². The summed E-state index contributed by atoms with van der Waals surface area (Å²) in [4.78, 5) is 10.5. The highest BCUT2D eigenvalue weighted by molar-refractivity contribution is 5.86. The summed E-state index contributed by atoms with van der Waals surface area (Å²) in [6.07, 6.45) is 0. The molecule has 0 bridgehead atoms. The second kappa shape index (κ2) is 6.25. The fraction of sp³-hybridized carbons (Fsp3) is 0.500. The van der Waals surface area contributed by atoms with Crippen molar-refractivity contribution >= 4 is 5.97 Å². The number of ether oxygens (including phenoxy) is 1. The van der Waals surface area contributed by atoms with E-state index in [1.165, 1.54) is 0 Å². The maximum Gasteiger partial charge on any atom is 0.333 e. The molecule has 0 fully saturated rings. The SMILES string of the molecule is C=C(C)C(=O)OCCO.O. The van der Waals surface area contributed by atoms with Gasteiger partial charge < -0.3 is 15.3 Å². The van der Waals surface area contributed by atoms with Crippen molar-refractivity contribution in [1.82, 2.24) is 0 Å². The van der Waals surface area contributed by atoms with E-state index in [1.54, 1.807) is 6.92 Å². The average Bonchev–Trinajstić information content (AvgIpc) is 1.82. The van der Waals surface area contributed by atoms with Gasteiger partial charge in [-0.3, -0.25) is 0 Å². The Bertz CT molecular complexity index is 119. The van der Waals surface area contributed by atoms with Crippen molar-refractivity contribution in [2.75, 3.05) is 13.2 Å². The normalized spacial score (nSPS) is 7.80. The maximum atomic E-state index is 10.5. The molecule has 4 heteroatoms. The van der Waals surface area contributed by atoms with Gasteiger partial charge in [-0.25, -0.2) is 4.79 Å². The molecule has 0 rings (SSSR count). The van der Waals surface area contributed by atoms with Crippen molar-refractivity contribution in [2.24, 2.45) is 0 Å². The lowest BCUT2D eigenvalue weighted by Gasteiger charge is -1.99. The van der Waals surface area contributed by atoms with Crippen LogP contribution < -0.4 is 0 Å². The largest absolute Gasteiger partial charge is 0.460 e. The van der Waals surface area contributed by atoms with Gasteiger partial charge in [0.25, 0.3) is 0 Å². The number of carbonyl (C=O) groups excluding carboxylic acids is 1. The third kappa shape index (κ3) is 5.27. The molecule has 10 heavy (non-hydrogen) atoms. The summed E-state index contributed by atoms with van der Waals surface area (Å²) in [6, 6.07) is 0. The molecule has 0 aromatic heterocycles. The van der Waals surface area contributed by atoms with Crippen LogP contribution in [0, 0.1) is 0 Å². The highest BCUT2D eigenvalue weighted by atomic mass is 16.5. The van der Waals surface area contributed by atoms with Crippen molar-refractivity contribution in [2.45, 2.75) is 6.92 Å². The maximum absolute atomic E-state index is 10.5. The summed E-state index contributed by atoms with van der Waals surface area (Å²) in [5.41, 5.74) is 0.350. The number of hydrogen-bond acceptors (Lipinski definition) is 3. The van der Waals surface area contributed by atoms with Crippen LogP contribution in [0.5, 0.6) is 0 Å². The molecule has 0 saturated carbocycles. The molecule has 3 N–H and O–H groups in total. The summed E-state index contributed by atoms with van der Waals surface area (Å²) in [5.74, 6) is -0.455. The Balaban J connectivity index is 0. The standard InChI is InChI=1S/C6H10O3.H2O/c1-5(2)6(8)9-4-3-7;/h7H,1,3-4H2,2H3;1H2. The van der Waals surface area contributed by atoms with Gasteiger partial charge in [0.1, 0.15) is 6.61 Å². The Hall–Kier alpha value is -0.870. The zero-order valence-corrected chi connectivity index (χ0v) is 5.89. The van der Waals surface area contributed by atoms with Crippen molar-refractivity contribution in [3.05, 3.63) is 12.2 Å². The van der Waals surface area contributed by atoms with Crippen LogP contribution in [0.15, 0.2) is 12.2 Å². The molecule has 0 aliphatic rings. The van der Waals surface area contributed by atoms with Gasteiger partial charge in [-0.15, -0.1) is 0 Å². The number of esters is 1. The molecule has 0 aliphatic carbocycles. The third-order valence-electron chi connectivity index (χ3n) is 0.673. The summed E-state index contributed by atoms with van der Waals surface area (Å²) in [5, 5.41) is 8.19. The molecular formula is C6H12O4. The van der Waals surface area contributed by atoms with Crippen LogP contribution in [-0.2, 0) is 9.53 Å². The van der Waals surface area contributed by atoms with E-state index in [4.69, 9.17) is 5.11 Å². The lowest BCUT2D eigenvalue weighted by atomic mass is 10.4. The second-order valence-electron chi connectivity index (χ2n) is 1.64. The number of aliphatic hydroxyl groups is 1. The van der Waals surface area contributed by atoms with Crippen LogP contribution in [0.2, 0.25) is 0 Å². The van der Waals surface area contributed by atoms with Crippen molar-refractivity contribution in [1.29, 1.82) is 0 Å². The minimum absolute atomic E-state index is 0. The predicted molar refractivity (Wildman–Crippen MR) is 36.5 cm³/mol. The Morgan fingerprint density at radius 1 is 1.70 bits per heavy atom. The molecule has 0 heterocycles. The lowest BCUT2D eigenvalue weighted by Crippen LogP contribution is -2.08. The smallest absolute Gasteiger partial charge is 0.333 e. The molecule has 0 spiro atoms. The second-order valence-corrected chi connectivity index (χ2v) is 1.64. The first-order valence-corrected chi connectivity index (χ1v) is 2.62. The minimum atomic E-state index is -0.455. The van der Waals surface area contributed by atoms with E-state index in [-0.39, 0.29) is 18.7 Å². The van der Waals surface area contributed by atoms with Crippen LogP contribution in [-0.4, -0.2) is 29.8 Å². The molecule has 0 atom stereocenters. The molecule has 0 aromatic rings. The van der Waals surface area contributed by atoms with Crippen molar-refractivity contribution < 1.29 is 20.1 Å². The molecular weight excluding hydrogens is 136 g/mol. The first-order valence-electron chi connectivity index (χ1n) is 2.62. The van der Waals surface area contributed by atoms with Gasteiger partial charge in [-0.1, -0.05) is 6.58 Å². The first-order chi connectivity index (χ1) is 4.18. The van der Waals surface area contributed by atoms with Gasteiger partial charge in [0.05, 0.1) is 6.61 Å². The minimum Gasteiger partial charge on any atom is -0.460 e. The van der Waals surface area contributed by atoms with Crippen molar-refractivity contribution in [3.63, 3.8) is 0 Å². The molecule has 0 saturated heterocycles. The predicted octanol–water partition coefficient (Wildman–Crippen LogP) is -0.727. The van der Waals surface area contributed by atoms with Gasteiger partial charge in [0, 0.05) is 5.57 Å². The van der Waals surface area contributed by atoms with E-state index >= 15 is 0 Å². The van der Waals surface area contributed by atoms with E-state index in [0.29, 0.717) is 5.57 Å². The summed E-state index contributed by atoms with van der Waals surface area (Å²) in [7, 11) is 0. The van der Waals surface area contributed by atoms with E-state index < -0.39 is 5.97 Å². The molecule has 0 amide bonds. The number of carbonyl (C=O) groups is 1. The summed E-state index contributed by atoms with van der Waals surface area (Å²) < 4.78 is 4.46. The highest BCUT2D eigenvalue weighted by Gasteiger charge is 1.99. The zero-order chi connectivity index (χ0) is 7.28. The fourth-order valence-corrected chi connectivity index (χ4v) is 0.262. The Labute approximate surface area is 59.4 Å². The lowest BCUT2D eigenvalue weighted by molar-refractivity contribution is -0.139. The average molecular weight is 148 g/mol. The first kappa shape index (κ1) is 11.9. The molecule has 0 radical (unpaired) electrons. The Kier molecular flexibility index (Phi) is 7.42. The van der Waals surface area contributed by atoms with Gasteiger partial charge in [-0.2, -0.15) is 0 Å². The summed E-state index contributed by atoms with van der Waals surface area (Å²) in [6.45, 7) is 4.81. The van der Waals surface area contributed by atoms with Gasteiger partial charge >= 0.3 is 5.97 Å². The van der Waals surface area contributed by atoms with Crippen LogP contribution in [0.4, 0.5) is 0 Å². The van der Waals surface area contributed by atoms with Gasteiger partial charge in [-0.05, 0) is 6.92 Å². The van der Waals surface area contributed by atoms with Crippen LogP contribution in [0.1, 0.15) is 6.92 Å². The Morgan fingerprint density at radius 3 is 2.50 bits per heavy atom. The fourth-order valence-electron chi connectivity index (χ4n) is 0.262. The third-order valence-corrected chi connectivity index (χ3v) is 0.673. The van der Waals surface area contributed by atoms with Gasteiger partial charge in [0.2, 0.25) is 0 Å². The zero-order valence-electron chi connectivity index (χ0n) is 5.89. The summed E-state index contributed by atoms with van der Waals surface area (Å²) >= 11 is 0. The quantitative estimate of drug-likeness (QED) is 0.423. The van der Waals surface area contributed by atoms with E-state index in [0.717, 1.165) is 0 Å².